The lowest BCUT2D eigenvalue weighted by atomic mass is 10.2. The highest BCUT2D eigenvalue weighted by atomic mass is 79.9. The van der Waals surface area contributed by atoms with Crippen LogP contribution in [0.15, 0.2) is 45.8 Å². The number of hydrogen-bond donors (Lipinski definition) is 1. The van der Waals surface area contributed by atoms with Gasteiger partial charge in [-0.25, -0.2) is 17.2 Å². The van der Waals surface area contributed by atoms with Gasteiger partial charge in [-0.15, -0.1) is 0 Å². The first kappa shape index (κ1) is 17.7. The van der Waals surface area contributed by atoms with Crippen molar-refractivity contribution in [1.82, 2.24) is 0 Å². The summed E-state index contributed by atoms with van der Waals surface area (Å²) >= 11 is 2.81. The molecular formula is C13H7BrF5NO2S. The van der Waals surface area contributed by atoms with Crippen molar-refractivity contribution in [2.45, 2.75) is 11.1 Å². The summed E-state index contributed by atoms with van der Waals surface area (Å²) in [5.41, 5.74) is -1.57. The highest BCUT2D eigenvalue weighted by Crippen LogP contribution is 2.31. The normalized spacial score (nSPS) is 12.3. The van der Waals surface area contributed by atoms with E-state index in [0.717, 1.165) is 18.2 Å². The third-order valence-corrected chi connectivity index (χ3v) is 4.73. The number of nitrogens with one attached hydrogen (secondary N) is 1. The number of sulfonamides is 1. The average molecular weight is 416 g/mol. The molecule has 0 amide bonds. The van der Waals surface area contributed by atoms with Gasteiger partial charge in [0.1, 0.15) is 5.82 Å². The molecule has 2 aromatic rings. The van der Waals surface area contributed by atoms with E-state index >= 15 is 0 Å². The maximum Gasteiger partial charge on any atom is 0.416 e. The van der Waals surface area contributed by atoms with Gasteiger partial charge in [-0.3, -0.25) is 4.72 Å². The summed E-state index contributed by atoms with van der Waals surface area (Å²) in [5.74, 6) is -2.10. The van der Waals surface area contributed by atoms with Crippen LogP contribution in [0.3, 0.4) is 0 Å². The van der Waals surface area contributed by atoms with Crippen molar-refractivity contribution in [3.63, 3.8) is 0 Å². The predicted octanol–water partition coefficient (Wildman–Crippen LogP) is 4.55. The summed E-state index contributed by atoms with van der Waals surface area (Å²) < 4.78 is 89.8. The van der Waals surface area contributed by atoms with Gasteiger partial charge < -0.3 is 0 Å². The van der Waals surface area contributed by atoms with Crippen molar-refractivity contribution in [3.05, 3.63) is 58.1 Å². The van der Waals surface area contributed by atoms with Crippen LogP contribution in [-0.4, -0.2) is 8.42 Å². The van der Waals surface area contributed by atoms with Crippen molar-refractivity contribution in [2.24, 2.45) is 0 Å². The average Bonchev–Trinajstić information content (AvgIpc) is 2.42. The van der Waals surface area contributed by atoms with Crippen LogP contribution in [0.4, 0.5) is 27.6 Å². The first-order valence-corrected chi connectivity index (χ1v) is 8.13. The second-order valence-corrected chi connectivity index (χ2v) is 6.91. The molecule has 23 heavy (non-hydrogen) atoms. The molecule has 10 heteroatoms. The van der Waals surface area contributed by atoms with Gasteiger partial charge in [0, 0.05) is 10.5 Å². The number of halogens is 6. The van der Waals surface area contributed by atoms with E-state index in [2.05, 4.69) is 15.9 Å². The maximum atomic E-state index is 13.6. The molecule has 2 aromatic carbocycles. The van der Waals surface area contributed by atoms with Crippen LogP contribution >= 0.6 is 15.9 Å². The number of hydrogen-bond acceptors (Lipinski definition) is 2. The zero-order valence-electron chi connectivity index (χ0n) is 11.0. The third-order valence-electron chi connectivity index (χ3n) is 2.74. The van der Waals surface area contributed by atoms with Gasteiger partial charge in [-0.2, -0.15) is 13.2 Å². The van der Waals surface area contributed by atoms with Crippen molar-refractivity contribution in [3.8, 4) is 0 Å². The first-order chi connectivity index (χ1) is 10.5. The SMILES string of the molecule is O=S(=O)(Nc1c(F)cc(F)cc1Br)c1ccc(C(F)(F)F)cc1. The van der Waals surface area contributed by atoms with Crippen molar-refractivity contribution in [1.29, 1.82) is 0 Å². The zero-order chi connectivity index (χ0) is 17.4. The van der Waals surface area contributed by atoms with Crippen LogP contribution in [-0.2, 0) is 16.2 Å². The largest absolute Gasteiger partial charge is 0.416 e. The number of anilines is 1. The molecule has 0 unspecified atom stereocenters. The second kappa shape index (κ2) is 6.08. The van der Waals surface area contributed by atoms with E-state index in [0.29, 0.717) is 18.2 Å². The Morgan fingerprint density at radius 3 is 2.04 bits per heavy atom. The van der Waals surface area contributed by atoms with Crippen LogP contribution in [0.25, 0.3) is 0 Å². The van der Waals surface area contributed by atoms with Crippen LogP contribution in [0.1, 0.15) is 5.56 Å². The van der Waals surface area contributed by atoms with Gasteiger partial charge >= 0.3 is 6.18 Å². The quantitative estimate of drug-likeness (QED) is 0.747. The molecule has 0 radical (unpaired) electrons. The summed E-state index contributed by atoms with van der Waals surface area (Å²) in [6.07, 6.45) is -4.61. The van der Waals surface area contributed by atoms with E-state index in [9.17, 15) is 30.4 Å². The molecule has 3 nitrogen and oxygen atoms in total. The highest BCUT2D eigenvalue weighted by molar-refractivity contribution is 9.10. The molecule has 0 aliphatic heterocycles. The fourth-order valence-corrected chi connectivity index (χ4v) is 3.38. The molecule has 1 N–H and O–H groups in total. The Morgan fingerprint density at radius 2 is 1.57 bits per heavy atom. The molecule has 0 saturated heterocycles. The van der Waals surface area contributed by atoms with E-state index in [4.69, 9.17) is 0 Å². The van der Waals surface area contributed by atoms with E-state index in [1.54, 1.807) is 0 Å². The van der Waals surface area contributed by atoms with Crippen molar-refractivity contribution >= 4 is 31.6 Å². The summed E-state index contributed by atoms with van der Waals surface area (Å²) in [7, 11) is -4.34. The lowest BCUT2D eigenvalue weighted by Gasteiger charge is -2.12. The summed E-state index contributed by atoms with van der Waals surface area (Å²) in [5, 5.41) is 0. The van der Waals surface area contributed by atoms with E-state index in [-0.39, 0.29) is 4.47 Å². The highest BCUT2D eigenvalue weighted by Gasteiger charge is 2.30. The van der Waals surface area contributed by atoms with Gasteiger partial charge in [0.05, 0.1) is 16.1 Å². The second-order valence-electron chi connectivity index (χ2n) is 4.37. The van der Waals surface area contributed by atoms with Crippen molar-refractivity contribution in [2.75, 3.05) is 4.72 Å². The Bertz CT molecular complexity index is 811. The Morgan fingerprint density at radius 1 is 1.00 bits per heavy atom. The monoisotopic (exact) mass is 415 g/mol. The topological polar surface area (TPSA) is 46.2 Å². The van der Waals surface area contributed by atoms with Crippen molar-refractivity contribution < 1.29 is 30.4 Å². The third kappa shape index (κ3) is 3.99. The molecule has 0 spiro atoms. The molecule has 124 valence electrons. The fourth-order valence-electron chi connectivity index (χ4n) is 1.66. The van der Waals surface area contributed by atoms with Gasteiger partial charge in [0.25, 0.3) is 10.0 Å². The summed E-state index contributed by atoms with van der Waals surface area (Å²) in [6.45, 7) is 0. The number of rotatable bonds is 3. The fraction of sp³-hybridized carbons (Fsp3) is 0.0769. The van der Waals surface area contributed by atoms with Gasteiger partial charge in [0.15, 0.2) is 5.82 Å². The lowest BCUT2D eigenvalue weighted by molar-refractivity contribution is -0.137. The minimum atomic E-state index is -4.61. The first-order valence-electron chi connectivity index (χ1n) is 5.85. The maximum absolute atomic E-state index is 13.6. The smallest absolute Gasteiger partial charge is 0.275 e. The summed E-state index contributed by atoms with van der Waals surface area (Å²) in [6, 6.07) is 3.96. The van der Waals surface area contributed by atoms with Crippen LogP contribution < -0.4 is 4.72 Å². The zero-order valence-corrected chi connectivity index (χ0v) is 13.4. The molecule has 0 atom stereocenters. The molecule has 0 saturated carbocycles. The van der Waals surface area contributed by atoms with E-state index in [1.165, 1.54) is 0 Å². The van der Waals surface area contributed by atoms with Gasteiger partial charge in [-0.1, -0.05) is 0 Å². The van der Waals surface area contributed by atoms with Crippen LogP contribution in [0.2, 0.25) is 0 Å². The summed E-state index contributed by atoms with van der Waals surface area (Å²) in [4.78, 5) is -0.499. The van der Waals surface area contributed by atoms with E-state index in [1.807, 2.05) is 4.72 Å². The number of benzene rings is 2. The Balaban J connectivity index is 2.37. The van der Waals surface area contributed by atoms with Crippen LogP contribution in [0.5, 0.6) is 0 Å². The Labute approximate surface area is 136 Å². The molecule has 0 bridgehead atoms. The molecule has 0 aliphatic rings. The molecular weight excluding hydrogens is 409 g/mol. The molecule has 0 aliphatic carbocycles. The van der Waals surface area contributed by atoms with Gasteiger partial charge in [0.2, 0.25) is 0 Å². The molecule has 0 fully saturated rings. The molecule has 0 heterocycles. The van der Waals surface area contributed by atoms with E-state index < -0.39 is 44.0 Å². The minimum absolute atomic E-state index is 0.189. The van der Waals surface area contributed by atoms with Crippen LogP contribution in [0, 0.1) is 11.6 Å². The Kier molecular flexibility index (Phi) is 4.67. The predicted molar refractivity (Wildman–Crippen MR) is 76.3 cm³/mol. The molecule has 2 rings (SSSR count). The Hall–Kier alpha value is -1.68. The molecule has 0 aromatic heterocycles. The lowest BCUT2D eigenvalue weighted by Crippen LogP contribution is -2.15. The number of alkyl halides is 3. The standard InChI is InChI=1S/C13H7BrF5NO2S/c14-10-5-8(15)6-11(16)12(10)20-23(21,22)9-3-1-7(2-4-9)13(17,18)19/h1-6,20H. The van der Waals surface area contributed by atoms with Gasteiger partial charge in [-0.05, 0) is 46.3 Å². The minimum Gasteiger partial charge on any atom is -0.275 e.